The number of methoxy groups -OCH3 is 7. The van der Waals surface area contributed by atoms with Gasteiger partial charge in [-0.1, -0.05) is 12.1 Å². The summed E-state index contributed by atoms with van der Waals surface area (Å²) in [5.74, 6) is 3.68. The molecule has 9 heteroatoms. The fourth-order valence-electron chi connectivity index (χ4n) is 6.30. The van der Waals surface area contributed by atoms with Crippen LogP contribution in [0.15, 0.2) is 54.1 Å². The molecular weight excluding hydrogens is 552 g/mol. The first-order valence-electron chi connectivity index (χ1n) is 14.0. The van der Waals surface area contributed by atoms with Gasteiger partial charge in [0.2, 0.25) is 5.75 Å². The van der Waals surface area contributed by atoms with Crippen molar-refractivity contribution in [3.63, 3.8) is 0 Å². The van der Waals surface area contributed by atoms with Gasteiger partial charge in [-0.25, -0.2) is 0 Å². The number of ketones is 1. The van der Waals surface area contributed by atoms with Crippen LogP contribution in [0.4, 0.5) is 0 Å². The van der Waals surface area contributed by atoms with Crippen LogP contribution in [0.1, 0.15) is 48.0 Å². The minimum Gasteiger partial charge on any atom is -0.493 e. The first-order chi connectivity index (χ1) is 20.9. The third kappa shape index (κ3) is 5.33. The molecule has 0 bridgehead atoms. The predicted octanol–water partition coefficient (Wildman–Crippen LogP) is 6.18. The fraction of sp³-hybridized carbons (Fsp3) is 0.382. The van der Waals surface area contributed by atoms with Crippen LogP contribution < -0.4 is 33.2 Å². The van der Waals surface area contributed by atoms with Crippen LogP contribution in [0, 0.1) is 0 Å². The zero-order chi connectivity index (χ0) is 30.7. The van der Waals surface area contributed by atoms with E-state index in [0.717, 1.165) is 16.7 Å². The van der Waals surface area contributed by atoms with Crippen molar-refractivity contribution in [2.75, 3.05) is 49.8 Å². The van der Waals surface area contributed by atoms with E-state index in [1.165, 1.54) is 0 Å². The van der Waals surface area contributed by atoms with Crippen molar-refractivity contribution in [3.8, 4) is 40.2 Å². The van der Waals surface area contributed by atoms with Crippen LogP contribution in [-0.2, 0) is 9.53 Å². The SMILES string of the molecule is COc1ccc(C2CCC3(O2)C(=O)C(=Cc2cc(OC)c(OC)c(OC)c2)CC3c2ccc(OC)c(OC)c2)cc1OC. The number of hydrogen-bond donors (Lipinski definition) is 0. The summed E-state index contributed by atoms with van der Waals surface area (Å²) in [5.41, 5.74) is 2.21. The maximum Gasteiger partial charge on any atom is 0.203 e. The Morgan fingerprint density at radius 3 is 1.74 bits per heavy atom. The van der Waals surface area contributed by atoms with Crippen LogP contribution in [0.5, 0.6) is 40.2 Å². The van der Waals surface area contributed by atoms with Crippen molar-refractivity contribution < 1.29 is 42.7 Å². The average molecular weight is 591 g/mol. The molecule has 228 valence electrons. The van der Waals surface area contributed by atoms with Crippen molar-refractivity contribution in [2.24, 2.45) is 0 Å². The number of rotatable bonds is 10. The molecule has 3 unspecified atom stereocenters. The van der Waals surface area contributed by atoms with Crippen molar-refractivity contribution in [3.05, 3.63) is 70.8 Å². The highest BCUT2D eigenvalue weighted by Crippen LogP contribution is 2.56. The second-order valence-electron chi connectivity index (χ2n) is 10.5. The van der Waals surface area contributed by atoms with Gasteiger partial charge in [-0.3, -0.25) is 4.79 Å². The van der Waals surface area contributed by atoms with Gasteiger partial charge < -0.3 is 37.9 Å². The lowest BCUT2D eigenvalue weighted by Crippen LogP contribution is -2.38. The molecule has 0 radical (unpaired) electrons. The Hall–Kier alpha value is -4.37. The summed E-state index contributed by atoms with van der Waals surface area (Å²) < 4.78 is 45.5. The minimum absolute atomic E-state index is 0.0380. The van der Waals surface area contributed by atoms with Crippen molar-refractivity contribution >= 4 is 11.9 Å². The number of carbonyl (C=O) groups is 1. The van der Waals surface area contributed by atoms with Crippen LogP contribution in [0.2, 0.25) is 0 Å². The average Bonchev–Trinajstić information content (AvgIpc) is 3.61. The van der Waals surface area contributed by atoms with Gasteiger partial charge in [0.1, 0.15) is 5.60 Å². The van der Waals surface area contributed by atoms with Gasteiger partial charge in [0, 0.05) is 5.92 Å². The standard InChI is InChI=1S/C34H38O9/c1-36-26-10-8-21(18-28(26)38-3)24-17-23(14-20-15-30(40-5)32(42-7)31(16-20)41-6)33(35)34(24)13-12-25(43-34)22-9-11-27(37-2)29(19-22)39-4/h8-11,14-16,18-19,24-25H,12-13,17H2,1-7H3. The molecule has 1 aliphatic carbocycles. The Labute approximate surface area is 252 Å². The lowest BCUT2D eigenvalue weighted by Gasteiger charge is -2.30. The number of carbonyl (C=O) groups excluding carboxylic acids is 1. The molecule has 3 atom stereocenters. The quantitative estimate of drug-likeness (QED) is 0.257. The van der Waals surface area contributed by atoms with E-state index in [4.69, 9.17) is 37.9 Å². The highest BCUT2D eigenvalue weighted by atomic mass is 16.5. The summed E-state index contributed by atoms with van der Waals surface area (Å²) >= 11 is 0. The Kier molecular flexibility index (Phi) is 8.73. The molecule has 0 aromatic heterocycles. The number of ether oxygens (including phenoxy) is 8. The van der Waals surface area contributed by atoms with Crippen LogP contribution >= 0.6 is 0 Å². The Morgan fingerprint density at radius 2 is 1.21 bits per heavy atom. The first-order valence-corrected chi connectivity index (χ1v) is 14.0. The van der Waals surface area contributed by atoms with Gasteiger partial charge >= 0.3 is 0 Å². The van der Waals surface area contributed by atoms with E-state index in [2.05, 4.69) is 0 Å². The molecule has 5 rings (SSSR count). The molecule has 1 saturated heterocycles. The minimum atomic E-state index is -1.07. The summed E-state index contributed by atoms with van der Waals surface area (Å²) in [7, 11) is 11.1. The summed E-state index contributed by atoms with van der Waals surface area (Å²) in [5, 5.41) is 0. The molecule has 3 aromatic carbocycles. The van der Waals surface area contributed by atoms with Crippen LogP contribution in [-0.4, -0.2) is 61.2 Å². The van der Waals surface area contributed by atoms with E-state index >= 15 is 0 Å². The highest BCUT2D eigenvalue weighted by molar-refractivity contribution is 6.09. The zero-order valence-electron chi connectivity index (χ0n) is 25.6. The normalized spacial score (nSPS) is 22.1. The third-order valence-electron chi connectivity index (χ3n) is 8.41. The van der Waals surface area contributed by atoms with Crippen molar-refractivity contribution in [1.82, 2.24) is 0 Å². The fourth-order valence-corrected chi connectivity index (χ4v) is 6.30. The molecule has 1 heterocycles. The molecule has 1 spiro atoms. The molecule has 0 N–H and O–H groups in total. The van der Waals surface area contributed by atoms with Crippen molar-refractivity contribution in [2.45, 2.75) is 36.9 Å². The second kappa shape index (κ2) is 12.5. The van der Waals surface area contributed by atoms with Gasteiger partial charge in [-0.2, -0.15) is 0 Å². The largest absolute Gasteiger partial charge is 0.493 e. The molecule has 2 fully saturated rings. The van der Waals surface area contributed by atoms with Gasteiger partial charge in [0.15, 0.2) is 40.3 Å². The van der Waals surface area contributed by atoms with Gasteiger partial charge in [0.25, 0.3) is 0 Å². The number of hydrogen-bond acceptors (Lipinski definition) is 9. The maximum absolute atomic E-state index is 14.4. The Balaban J connectivity index is 1.58. The van der Waals surface area contributed by atoms with E-state index in [9.17, 15) is 4.79 Å². The summed E-state index contributed by atoms with van der Waals surface area (Å²) in [6.07, 6.45) is 3.29. The zero-order valence-corrected chi connectivity index (χ0v) is 25.6. The molecule has 1 saturated carbocycles. The highest BCUT2D eigenvalue weighted by Gasteiger charge is 2.58. The van der Waals surface area contributed by atoms with Gasteiger partial charge in [0.05, 0.1) is 55.9 Å². The van der Waals surface area contributed by atoms with E-state index in [0.29, 0.717) is 65.1 Å². The molecular formula is C34H38O9. The van der Waals surface area contributed by atoms with E-state index in [-0.39, 0.29) is 17.8 Å². The smallest absolute Gasteiger partial charge is 0.203 e. The first kappa shape index (κ1) is 30.1. The second-order valence-corrected chi connectivity index (χ2v) is 10.5. The molecule has 3 aromatic rings. The molecule has 43 heavy (non-hydrogen) atoms. The number of Topliss-reactive ketones (excluding diaryl/α,β-unsaturated/α-hetero) is 1. The molecule has 9 nitrogen and oxygen atoms in total. The van der Waals surface area contributed by atoms with E-state index in [1.807, 2.05) is 54.6 Å². The predicted molar refractivity (Wildman–Crippen MR) is 161 cm³/mol. The van der Waals surface area contributed by atoms with Crippen LogP contribution in [0.25, 0.3) is 6.08 Å². The van der Waals surface area contributed by atoms with E-state index < -0.39 is 5.60 Å². The van der Waals surface area contributed by atoms with E-state index in [1.54, 1.807) is 49.8 Å². The molecule has 1 aliphatic heterocycles. The maximum atomic E-state index is 14.4. The lowest BCUT2D eigenvalue weighted by molar-refractivity contribution is -0.138. The Bertz CT molecular complexity index is 1500. The van der Waals surface area contributed by atoms with Crippen LogP contribution in [0.3, 0.4) is 0 Å². The topological polar surface area (TPSA) is 90.9 Å². The summed E-state index contributed by atoms with van der Waals surface area (Å²) in [4.78, 5) is 14.4. The van der Waals surface area contributed by atoms with Crippen molar-refractivity contribution in [1.29, 1.82) is 0 Å². The van der Waals surface area contributed by atoms with Gasteiger partial charge in [-0.05, 0) is 84.0 Å². The van der Waals surface area contributed by atoms with Gasteiger partial charge in [-0.15, -0.1) is 0 Å². The summed E-state index contributed by atoms with van der Waals surface area (Å²) in [6, 6.07) is 15.2. The third-order valence-corrected chi connectivity index (χ3v) is 8.41. The number of benzene rings is 3. The summed E-state index contributed by atoms with van der Waals surface area (Å²) in [6.45, 7) is 0. The molecule has 0 amide bonds. The Morgan fingerprint density at radius 1 is 0.674 bits per heavy atom. The lowest BCUT2D eigenvalue weighted by atomic mass is 9.82. The monoisotopic (exact) mass is 590 g/mol. The molecule has 2 aliphatic rings.